The van der Waals surface area contributed by atoms with Gasteiger partial charge < -0.3 is 14.2 Å². The number of hydrogen-bond acceptors (Lipinski definition) is 3. The van der Waals surface area contributed by atoms with E-state index in [1.807, 2.05) is 52.0 Å². The van der Waals surface area contributed by atoms with E-state index in [2.05, 4.69) is 40.0 Å². The van der Waals surface area contributed by atoms with Crippen molar-refractivity contribution in [2.45, 2.75) is 90.6 Å². The summed E-state index contributed by atoms with van der Waals surface area (Å²) in [6, 6.07) is 6.20. The Kier molecular flexibility index (Phi) is 5.45. The van der Waals surface area contributed by atoms with Gasteiger partial charge in [-0.3, -0.25) is 0 Å². The van der Waals surface area contributed by atoms with Gasteiger partial charge in [0, 0.05) is 6.07 Å². The zero-order valence-corrected chi connectivity index (χ0v) is 19.3. The first kappa shape index (κ1) is 22.0. The van der Waals surface area contributed by atoms with Crippen LogP contribution < -0.4 is 9.47 Å². The van der Waals surface area contributed by atoms with E-state index in [9.17, 15) is 0 Å². The lowest BCUT2D eigenvalue weighted by Crippen LogP contribution is -2.42. The molecule has 0 saturated carbocycles. The Balaban J connectivity index is 1.95. The molecule has 160 valence electrons. The van der Waals surface area contributed by atoms with Crippen molar-refractivity contribution < 1.29 is 14.2 Å². The van der Waals surface area contributed by atoms with E-state index in [0.717, 1.165) is 30.8 Å². The Morgan fingerprint density at radius 2 is 1.69 bits per heavy atom. The summed E-state index contributed by atoms with van der Waals surface area (Å²) in [7, 11) is 0. The van der Waals surface area contributed by atoms with Crippen molar-refractivity contribution in [3.05, 3.63) is 49.1 Å². The highest BCUT2D eigenvalue weighted by Crippen LogP contribution is 2.58. The maximum Gasteiger partial charge on any atom is 0.127 e. The topological polar surface area (TPSA) is 27.7 Å². The van der Waals surface area contributed by atoms with Gasteiger partial charge in [-0.15, -0.1) is 0 Å². The lowest BCUT2D eigenvalue weighted by molar-refractivity contribution is 0.00586. The largest absolute Gasteiger partial charge is 0.484 e. The summed E-state index contributed by atoms with van der Waals surface area (Å²) >= 11 is 0. The summed E-state index contributed by atoms with van der Waals surface area (Å²) in [5.41, 5.74) is 0.378. The number of benzene rings is 1. The van der Waals surface area contributed by atoms with Crippen molar-refractivity contribution in [3.63, 3.8) is 0 Å². The van der Waals surface area contributed by atoms with Crippen molar-refractivity contribution >= 4 is 0 Å². The quantitative estimate of drug-likeness (QED) is 0.467. The molecule has 2 fully saturated rings. The fourth-order valence-electron chi connectivity index (χ4n) is 4.88. The van der Waals surface area contributed by atoms with E-state index in [1.54, 1.807) is 0 Å². The Hall–Kier alpha value is -1.74. The molecule has 0 unspecified atom stereocenters. The maximum atomic E-state index is 6.43. The van der Waals surface area contributed by atoms with Gasteiger partial charge in [0.05, 0.1) is 11.7 Å². The van der Waals surface area contributed by atoms with Crippen LogP contribution in [0.2, 0.25) is 0 Å². The van der Waals surface area contributed by atoms with Crippen LogP contribution in [0.4, 0.5) is 0 Å². The minimum absolute atomic E-state index is 0.0562. The molecule has 3 heteroatoms. The Bertz CT molecular complexity index is 784. The summed E-state index contributed by atoms with van der Waals surface area (Å²) in [4.78, 5) is 0. The second kappa shape index (κ2) is 7.19. The molecular weight excluding hydrogens is 360 g/mol. The first-order valence-electron chi connectivity index (χ1n) is 10.8. The third kappa shape index (κ3) is 4.26. The number of rotatable bonds is 8. The van der Waals surface area contributed by atoms with E-state index in [0.29, 0.717) is 12.0 Å². The predicted molar refractivity (Wildman–Crippen MR) is 120 cm³/mol. The smallest absolute Gasteiger partial charge is 0.127 e. The van der Waals surface area contributed by atoms with Crippen LogP contribution >= 0.6 is 0 Å². The van der Waals surface area contributed by atoms with Gasteiger partial charge in [-0.2, -0.15) is 0 Å². The summed E-state index contributed by atoms with van der Waals surface area (Å²) in [6.07, 6.45) is 7.22. The van der Waals surface area contributed by atoms with Crippen molar-refractivity contribution in [2.24, 2.45) is 11.3 Å². The van der Waals surface area contributed by atoms with Crippen LogP contribution in [0.25, 0.3) is 0 Å². The molecule has 29 heavy (non-hydrogen) atoms. The molecule has 3 rings (SSSR count). The second-order valence-corrected chi connectivity index (χ2v) is 10.6. The summed E-state index contributed by atoms with van der Waals surface area (Å²) in [6.45, 7) is 22.8. The number of hydrogen-bond donors (Lipinski definition) is 0. The molecule has 1 aromatic carbocycles. The minimum atomic E-state index is -0.466. The van der Waals surface area contributed by atoms with Gasteiger partial charge in [-0.25, -0.2) is 0 Å². The van der Waals surface area contributed by atoms with Gasteiger partial charge in [0.25, 0.3) is 0 Å². The number of fused-ring (bicyclic) bond motifs is 2. The highest BCUT2D eigenvalue weighted by molar-refractivity contribution is 5.42. The van der Waals surface area contributed by atoms with Gasteiger partial charge in [0.2, 0.25) is 0 Å². The average molecular weight is 399 g/mol. The van der Waals surface area contributed by atoms with Crippen LogP contribution in [0.1, 0.15) is 66.9 Å². The second-order valence-electron chi connectivity index (χ2n) is 10.6. The molecule has 1 aromatic rings. The lowest BCUT2D eigenvalue weighted by atomic mass is 9.62. The molecule has 2 bridgehead atoms. The van der Waals surface area contributed by atoms with E-state index >= 15 is 0 Å². The van der Waals surface area contributed by atoms with Crippen molar-refractivity contribution in [2.75, 3.05) is 0 Å². The molecule has 2 aliphatic rings. The third-order valence-corrected chi connectivity index (χ3v) is 6.98. The summed E-state index contributed by atoms with van der Waals surface area (Å²) in [5.74, 6) is 2.08. The Morgan fingerprint density at radius 3 is 2.24 bits per heavy atom. The Morgan fingerprint density at radius 1 is 1.07 bits per heavy atom. The van der Waals surface area contributed by atoms with E-state index < -0.39 is 11.2 Å². The van der Waals surface area contributed by atoms with Crippen LogP contribution in [0, 0.1) is 11.3 Å². The van der Waals surface area contributed by atoms with Crippen LogP contribution in [-0.2, 0) is 11.2 Å². The molecule has 2 aliphatic heterocycles. The monoisotopic (exact) mass is 398 g/mol. The molecule has 0 N–H and O–H groups in total. The number of ether oxygens (including phenoxy) is 3. The molecule has 0 aromatic heterocycles. The van der Waals surface area contributed by atoms with Gasteiger partial charge in [-0.05, 0) is 89.0 Å². The molecule has 3 nitrogen and oxygen atoms in total. The zero-order chi connectivity index (χ0) is 21.7. The minimum Gasteiger partial charge on any atom is -0.484 e. The van der Waals surface area contributed by atoms with E-state index in [4.69, 9.17) is 14.2 Å². The molecule has 0 spiro atoms. The fourth-order valence-corrected chi connectivity index (χ4v) is 4.88. The zero-order valence-electron chi connectivity index (χ0n) is 19.3. The highest BCUT2D eigenvalue weighted by Gasteiger charge is 2.60. The standard InChI is InChI=1S/C26H38O3/c1-10-23(3,4)27-19-13-12-18(20(17-19)28-24(5,6)11-2)16-21-25(7,8)22-14-15-26(21,9)29-22/h10-13,17,21-22H,1-2,14-16H2,3-9H3/t21-,22+,26-/m1/s1. The molecule has 3 atom stereocenters. The Labute approximate surface area is 177 Å². The van der Waals surface area contributed by atoms with Crippen molar-refractivity contribution in [3.8, 4) is 11.5 Å². The fraction of sp³-hybridized carbons (Fsp3) is 0.615. The molecule has 2 heterocycles. The maximum absolute atomic E-state index is 6.43. The van der Waals surface area contributed by atoms with Crippen LogP contribution in [0.15, 0.2) is 43.5 Å². The summed E-state index contributed by atoms with van der Waals surface area (Å²) < 4.78 is 19.0. The van der Waals surface area contributed by atoms with Crippen LogP contribution in [0.3, 0.4) is 0 Å². The third-order valence-electron chi connectivity index (χ3n) is 6.98. The van der Waals surface area contributed by atoms with E-state index in [1.165, 1.54) is 5.56 Å². The normalized spacial score (nSPS) is 28.2. The molecular formula is C26H38O3. The van der Waals surface area contributed by atoms with Gasteiger partial charge in [0.15, 0.2) is 0 Å². The average Bonchev–Trinajstić information content (AvgIpc) is 3.10. The van der Waals surface area contributed by atoms with Gasteiger partial charge >= 0.3 is 0 Å². The highest BCUT2D eigenvalue weighted by atomic mass is 16.5. The van der Waals surface area contributed by atoms with Gasteiger partial charge in [0.1, 0.15) is 22.7 Å². The first-order valence-corrected chi connectivity index (χ1v) is 10.8. The van der Waals surface area contributed by atoms with Crippen LogP contribution in [-0.4, -0.2) is 22.9 Å². The summed E-state index contributed by atoms with van der Waals surface area (Å²) in [5, 5.41) is 0. The molecule has 0 radical (unpaired) electrons. The van der Waals surface area contributed by atoms with Gasteiger partial charge in [-0.1, -0.05) is 33.1 Å². The van der Waals surface area contributed by atoms with E-state index in [-0.39, 0.29) is 11.0 Å². The SMILES string of the molecule is C=CC(C)(C)Oc1ccc(C[C@@H]2C(C)(C)[C@@H]3CC[C@@]2(C)O3)c(OC(C)(C)C=C)c1. The molecule has 0 aliphatic carbocycles. The predicted octanol–water partition coefficient (Wildman–Crippen LogP) is 6.51. The lowest BCUT2D eigenvalue weighted by Gasteiger charge is -2.40. The van der Waals surface area contributed by atoms with Crippen LogP contribution in [0.5, 0.6) is 11.5 Å². The molecule has 2 saturated heterocycles. The van der Waals surface area contributed by atoms with Crippen molar-refractivity contribution in [1.29, 1.82) is 0 Å². The first-order chi connectivity index (χ1) is 13.3. The van der Waals surface area contributed by atoms with Crippen molar-refractivity contribution in [1.82, 2.24) is 0 Å². The molecule has 0 amide bonds.